The third-order valence-electron chi connectivity index (χ3n) is 3.25. The van der Waals surface area contributed by atoms with E-state index in [0.29, 0.717) is 11.8 Å². The summed E-state index contributed by atoms with van der Waals surface area (Å²) >= 11 is 5.71. The summed E-state index contributed by atoms with van der Waals surface area (Å²) in [7, 11) is 0. The molecule has 0 spiro atoms. The minimum atomic E-state index is 0.155. The lowest BCUT2D eigenvalue weighted by atomic mass is 9.98. The second-order valence-electron chi connectivity index (χ2n) is 4.38. The Labute approximate surface area is 103 Å². The van der Waals surface area contributed by atoms with E-state index in [4.69, 9.17) is 16.3 Å². The molecule has 0 aromatic carbocycles. The van der Waals surface area contributed by atoms with Crippen LogP contribution >= 0.6 is 11.6 Å². The molecule has 1 amide bonds. The van der Waals surface area contributed by atoms with Gasteiger partial charge in [0.25, 0.3) is 0 Å². The summed E-state index contributed by atoms with van der Waals surface area (Å²) in [4.78, 5) is 11.8. The molecule has 1 rings (SSSR count). The molecule has 94 valence electrons. The second kappa shape index (κ2) is 7.91. The first kappa shape index (κ1) is 13.8. The lowest BCUT2D eigenvalue weighted by molar-refractivity contribution is -0.128. The molecule has 0 aromatic heterocycles. The first-order chi connectivity index (χ1) is 7.77. The molecular weight excluding hydrogens is 226 g/mol. The Morgan fingerprint density at radius 2 is 2.19 bits per heavy atom. The van der Waals surface area contributed by atoms with Crippen molar-refractivity contribution in [2.24, 2.45) is 11.8 Å². The average molecular weight is 248 g/mol. The van der Waals surface area contributed by atoms with Gasteiger partial charge in [0, 0.05) is 31.6 Å². The van der Waals surface area contributed by atoms with E-state index >= 15 is 0 Å². The molecule has 0 aliphatic carbocycles. The Balaban J connectivity index is 2.22. The molecule has 1 N–H and O–H groups in total. The number of ether oxygens (including phenoxy) is 1. The first-order valence-corrected chi connectivity index (χ1v) is 6.72. The Morgan fingerprint density at radius 3 is 2.75 bits per heavy atom. The van der Waals surface area contributed by atoms with E-state index < -0.39 is 0 Å². The molecular formula is C12H22ClNO2. The number of hydrogen-bond donors (Lipinski definition) is 1. The van der Waals surface area contributed by atoms with Gasteiger partial charge in [-0.15, -0.1) is 11.6 Å². The molecule has 1 fully saturated rings. The third kappa shape index (κ3) is 4.71. The van der Waals surface area contributed by atoms with Crippen molar-refractivity contribution in [3.63, 3.8) is 0 Å². The molecule has 0 aromatic rings. The van der Waals surface area contributed by atoms with Gasteiger partial charge in [-0.05, 0) is 25.2 Å². The SMILES string of the molecule is CCC(CCCl)CNC(=O)C1CCOCC1. The van der Waals surface area contributed by atoms with Crippen LogP contribution in [0.5, 0.6) is 0 Å². The standard InChI is InChI=1S/C12H22ClNO2/c1-2-10(3-6-13)9-14-12(15)11-4-7-16-8-5-11/h10-11H,2-9H2,1H3,(H,14,15). The van der Waals surface area contributed by atoms with Crippen molar-refractivity contribution >= 4 is 17.5 Å². The van der Waals surface area contributed by atoms with Gasteiger partial charge in [0.1, 0.15) is 0 Å². The van der Waals surface area contributed by atoms with Crippen LogP contribution in [-0.4, -0.2) is 31.5 Å². The Bertz CT molecular complexity index is 205. The van der Waals surface area contributed by atoms with Crippen molar-refractivity contribution in [2.75, 3.05) is 25.6 Å². The summed E-state index contributed by atoms with van der Waals surface area (Å²) in [6.07, 6.45) is 3.77. The molecule has 3 nitrogen and oxygen atoms in total. The molecule has 0 radical (unpaired) electrons. The van der Waals surface area contributed by atoms with Crippen molar-refractivity contribution in [1.29, 1.82) is 0 Å². The largest absolute Gasteiger partial charge is 0.381 e. The maximum atomic E-state index is 11.8. The van der Waals surface area contributed by atoms with Crippen LogP contribution in [0, 0.1) is 11.8 Å². The second-order valence-corrected chi connectivity index (χ2v) is 4.76. The number of carbonyl (C=O) groups is 1. The van der Waals surface area contributed by atoms with Crippen LogP contribution in [0.15, 0.2) is 0 Å². The quantitative estimate of drug-likeness (QED) is 0.731. The zero-order valence-corrected chi connectivity index (χ0v) is 10.8. The van der Waals surface area contributed by atoms with Crippen LogP contribution in [0.25, 0.3) is 0 Å². The molecule has 1 heterocycles. The highest BCUT2D eigenvalue weighted by Gasteiger charge is 2.21. The molecule has 1 aliphatic heterocycles. The van der Waals surface area contributed by atoms with Gasteiger partial charge in [-0.2, -0.15) is 0 Å². The Kier molecular flexibility index (Phi) is 6.81. The number of halogens is 1. The molecule has 1 saturated heterocycles. The highest BCUT2D eigenvalue weighted by atomic mass is 35.5. The number of nitrogens with one attached hydrogen (secondary N) is 1. The fraction of sp³-hybridized carbons (Fsp3) is 0.917. The first-order valence-electron chi connectivity index (χ1n) is 6.19. The van der Waals surface area contributed by atoms with E-state index in [-0.39, 0.29) is 11.8 Å². The molecule has 16 heavy (non-hydrogen) atoms. The molecule has 4 heteroatoms. The van der Waals surface area contributed by atoms with Crippen molar-refractivity contribution in [2.45, 2.75) is 32.6 Å². The normalized spacial score (nSPS) is 19.4. The Hall–Kier alpha value is -0.280. The minimum Gasteiger partial charge on any atom is -0.381 e. The summed E-state index contributed by atoms with van der Waals surface area (Å²) in [5, 5.41) is 3.04. The van der Waals surface area contributed by atoms with Crippen LogP contribution in [-0.2, 0) is 9.53 Å². The van der Waals surface area contributed by atoms with Gasteiger partial charge in [0.05, 0.1) is 0 Å². The van der Waals surface area contributed by atoms with Gasteiger partial charge >= 0.3 is 0 Å². The fourth-order valence-electron chi connectivity index (χ4n) is 1.95. The highest BCUT2D eigenvalue weighted by Crippen LogP contribution is 2.15. The van der Waals surface area contributed by atoms with E-state index in [0.717, 1.165) is 45.4 Å². The van der Waals surface area contributed by atoms with Crippen LogP contribution in [0.1, 0.15) is 32.6 Å². The number of carbonyl (C=O) groups excluding carboxylic acids is 1. The predicted molar refractivity (Wildman–Crippen MR) is 65.7 cm³/mol. The van der Waals surface area contributed by atoms with Crippen molar-refractivity contribution in [3.05, 3.63) is 0 Å². The summed E-state index contributed by atoms with van der Waals surface area (Å²) in [5.41, 5.74) is 0. The molecule has 1 unspecified atom stereocenters. The van der Waals surface area contributed by atoms with Gasteiger partial charge in [-0.25, -0.2) is 0 Å². The third-order valence-corrected chi connectivity index (χ3v) is 3.47. The minimum absolute atomic E-state index is 0.155. The van der Waals surface area contributed by atoms with E-state index in [2.05, 4.69) is 12.2 Å². The topological polar surface area (TPSA) is 38.3 Å². The summed E-state index contributed by atoms with van der Waals surface area (Å²) in [6, 6.07) is 0. The lowest BCUT2D eigenvalue weighted by Gasteiger charge is -2.22. The summed E-state index contributed by atoms with van der Waals surface area (Å²) < 4.78 is 5.24. The van der Waals surface area contributed by atoms with Gasteiger partial charge in [0.15, 0.2) is 0 Å². The van der Waals surface area contributed by atoms with Crippen LogP contribution in [0.4, 0.5) is 0 Å². The van der Waals surface area contributed by atoms with Gasteiger partial charge in [-0.3, -0.25) is 4.79 Å². The maximum Gasteiger partial charge on any atom is 0.223 e. The Morgan fingerprint density at radius 1 is 1.50 bits per heavy atom. The lowest BCUT2D eigenvalue weighted by Crippen LogP contribution is -2.37. The molecule has 0 saturated carbocycles. The van der Waals surface area contributed by atoms with Crippen molar-refractivity contribution in [3.8, 4) is 0 Å². The molecule has 1 aliphatic rings. The predicted octanol–water partition coefficient (Wildman–Crippen LogP) is 2.18. The van der Waals surface area contributed by atoms with Crippen LogP contribution in [0.3, 0.4) is 0 Å². The zero-order valence-electron chi connectivity index (χ0n) is 10.0. The van der Waals surface area contributed by atoms with Gasteiger partial charge < -0.3 is 10.1 Å². The molecule has 0 bridgehead atoms. The fourth-order valence-corrected chi connectivity index (χ4v) is 2.26. The van der Waals surface area contributed by atoms with Gasteiger partial charge in [-0.1, -0.05) is 13.3 Å². The van der Waals surface area contributed by atoms with Crippen molar-refractivity contribution < 1.29 is 9.53 Å². The number of amides is 1. The van der Waals surface area contributed by atoms with E-state index in [1.807, 2.05) is 0 Å². The average Bonchev–Trinajstić information content (AvgIpc) is 2.35. The maximum absolute atomic E-state index is 11.8. The van der Waals surface area contributed by atoms with Crippen molar-refractivity contribution in [1.82, 2.24) is 5.32 Å². The number of alkyl halides is 1. The highest BCUT2D eigenvalue weighted by molar-refractivity contribution is 6.17. The van der Waals surface area contributed by atoms with Crippen LogP contribution in [0.2, 0.25) is 0 Å². The number of hydrogen-bond acceptors (Lipinski definition) is 2. The monoisotopic (exact) mass is 247 g/mol. The number of rotatable bonds is 6. The van der Waals surface area contributed by atoms with E-state index in [1.165, 1.54) is 0 Å². The summed E-state index contributed by atoms with van der Waals surface area (Å²) in [5.74, 6) is 1.53. The summed E-state index contributed by atoms with van der Waals surface area (Å²) in [6.45, 7) is 4.34. The van der Waals surface area contributed by atoms with E-state index in [1.54, 1.807) is 0 Å². The van der Waals surface area contributed by atoms with E-state index in [9.17, 15) is 4.79 Å². The smallest absolute Gasteiger partial charge is 0.223 e. The molecule has 1 atom stereocenters. The zero-order chi connectivity index (χ0) is 11.8. The van der Waals surface area contributed by atoms with Crippen LogP contribution < -0.4 is 5.32 Å². The van der Waals surface area contributed by atoms with Gasteiger partial charge in [0.2, 0.25) is 5.91 Å².